The van der Waals surface area contributed by atoms with Crippen molar-refractivity contribution in [3.63, 3.8) is 0 Å². The molecule has 1 unspecified atom stereocenters. The average molecular weight is 416 g/mol. The Balaban J connectivity index is 1.44. The Labute approximate surface area is 180 Å². The summed E-state index contributed by atoms with van der Waals surface area (Å²) in [6, 6.07) is 14.1. The van der Waals surface area contributed by atoms with Gasteiger partial charge < -0.3 is 14.4 Å². The molecule has 7 heteroatoms. The first-order valence-corrected chi connectivity index (χ1v) is 10.6. The van der Waals surface area contributed by atoms with E-state index in [1.165, 1.54) is 11.1 Å². The first-order chi connectivity index (χ1) is 15.0. The van der Waals surface area contributed by atoms with Crippen LogP contribution in [0.1, 0.15) is 43.0 Å². The maximum atomic E-state index is 9.67. The third kappa shape index (κ3) is 3.58. The molecule has 31 heavy (non-hydrogen) atoms. The molecule has 0 bridgehead atoms. The van der Waals surface area contributed by atoms with Crippen molar-refractivity contribution in [2.75, 3.05) is 13.1 Å². The summed E-state index contributed by atoms with van der Waals surface area (Å²) in [7, 11) is 0. The van der Waals surface area contributed by atoms with Crippen LogP contribution in [0.15, 0.2) is 40.9 Å². The number of aromatic nitrogens is 2. The molecule has 1 aliphatic heterocycles. The standard InChI is InChI=1S/C24H24N4O3/c1-14(2)30-22-9-6-15(10-16(22)11-25)24-26-23(27-31-24)20-5-3-4-19-18(20)7-8-21(19)28-12-17(29)13-28/h3-6,9-10,14,17,21,29H,7-8,12-13H2,1-2H3. The topological polar surface area (TPSA) is 95.4 Å². The number of hydrogen-bond donors (Lipinski definition) is 1. The van der Waals surface area contributed by atoms with Gasteiger partial charge in [-0.1, -0.05) is 23.4 Å². The van der Waals surface area contributed by atoms with Crippen molar-refractivity contribution in [2.45, 2.75) is 44.9 Å². The van der Waals surface area contributed by atoms with Crippen LogP contribution in [0.25, 0.3) is 22.8 Å². The average Bonchev–Trinajstić information content (AvgIpc) is 3.39. The number of ether oxygens (including phenoxy) is 1. The van der Waals surface area contributed by atoms with Gasteiger partial charge in [-0.25, -0.2) is 0 Å². The zero-order chi connectivity index (χ0) is 21.5. The van der Waals surface area contributed by atoms with E-state index in [0.717, 1.165) is 31.5 Å². The van der Waals surface area contributed by atoms with Gasteiger partial charge >= 0.3 is 0 Å². The fourth-order valence-corrected chi connectivity index (χ4v) is 4.52. The molecular weight excluding hydrogens is 392 g/mol. The molecular formula is C24H24N4O3. The van der Waals surface area contributed by atoms with E-state index in [2.05, 4.69) is 27.2 Å². The second-order valence-electron chi connectivity index (χ2n) is 8.45. The largest absolute Gasteiger partial charge is 0.490 e. The number of aliphatic hydroxyl groups is 1. The van der Waals surface area contributed by atoms with Gasteiger partial charge in [-0.2, -0.15) is 10.2 Å². The number of likely N-dealkylation sites (tertiary alicyclic amines) is 1. The Kier molecular flexibility index (Phi) is 4.97. The molecule has 2 aromatic carbocycles. The predicted octanol–water partition coefficient (Wildman–Crippen LogP) is 3.73. The van der Waals surface area contributed by atoms with Crippen molar-refractivity contribution >= 4 is 0 Å². The van der Waals surface area contributed by atoms with Crippen molar-refractivity contribution in [1.82, 2.24) is 15.0 Å². The molecule has 158 valence electrons. The lowest BCUT2D eigenvalue weighted by Gasteiger charge is -2.40. The summed E-state index contributed by atoms with van der Waals surface area (Å²) in [5.74, 6) is 1.47. The van der Waals surface area contributed by atoms with Crippen molar-refractivity contribution in [3.05, 3.63) is 53.1 Å². The maximum Gasteiger partial charge on any atom is 0.258 e. The van der Waals surface area contributed by atoms with E-state index in [1.54, 1.807) is 12.1 Å². The Hall–Kier alpha value is -3.21. The molecule has 2 heterocycles. The Morgan fingerprint density at radius 1 is 1.26 bits per heavy atom. The van der Waals surface area contributed by atoms with Crippen LogP contribution in [0.4, 0.5) is 0 Å². The number of benzene rings is 2. The van der Waals surface area contributed by atoms with Crippen LogP contribution in [0.2, 0.25) is 0 Å². The maximum absolute atomic E-state index is 9.67. The van der Waals surface area contributed by atoms with Gasteiger partial charge in [-0.15, -0.1) is 0 Å². The van der Waals surface area contributed by atoms with Crippen LogP contribution in [-0.4, -0.2) is 45.4 Å². The Bertz CT molecular complexity index is 1160. The molecule has 1 N–H and O–H groups in total. The Morgan fingerprint density at radius 3 is 2.84 bits per heavy atom. The third-order valence-corrected chi connectivity index (χ3v) is 5.95. The number of rotatable bonds is 5. The number of aliphatic hydroxyl groups excluding tert-OH is 1. The van der Waals surface area contributed by atoms with E-state index in [9.17, 15) is 10.4 Å². The molecule has 1 saturated heterocycles. The zero-order valence-corrected chi connectivity index (χ0v) is 17.6. The van der Waals surface area contributed by atoms with Crippen LogP contribution < -0.4 is 4.74 Å². The number of fused-ring (bicyclic) bond motifs is 1. The van der Waals surface area contributed by atoms with Crippen LogP contribution in [0.5, 0.6) is 5.75 Å². The van der Waals surface area contributed by atoms with Gasteiger partial charge in [0.15, 0.2) is 0 Å². The summed E-state index contributed by atoms with van der Waals surface area (Å²) < 4.78 is 11.2. The molecule has 5 rings (SSSR count). The molecule has 0 spiro atoms. The summed E-state index contributed by atoms with van der Waals surface area (Å²) in [5.41, 5.74) is 4.64. The summed E-state index contributed by atoms with van der Waals surface area (Å²) in [6.45, 7) is 5.32. The van der Waals surface area contributed by atoms with E-state index in [0.29, 0.717) is 34.6 Å². The fourth-order valence-electron chi connectivity index (χ4n) is 4.52. The summed E-state index contributed by atoms with van der Waals surface area (Å²) in [5, 5.41) is 23.4. The highest BCUT2D eigenvalue weighted by Gasteiger charge is 2.36. The van der Waals surface area contributed by atoms with Crippen LogP contribution in [-0.2, 0) is 6.42 Å². The van der Waals surface area contributed by atoms with Gasteiger partial charge in [0.2, 0.25) is 5.82 Å². The lowest BCUT2D eigenvalue weighted by molar-refractivity contribution is -0.0251. The highest BCUT2D eigenvalue weighted by Crippen LogP contribution is 2.42. The smallest absolute Gasteiger partial charge is 0.258 e. The van der Waals surface area contributed by atoms with E-state index in [-0.39, 0.29) is 12.2 Å². The lowest BCUT2D eigenvalue weighted by Crippen LogP contribution is -2.51. The van der Waals surface area contributed by atoms with Gasteiger partial charge in [0.1, 0.15) is 11.8 Å². The highest BCUT2D eigenvalue weighted by atomic mass is 16.5. The van der Waals surface area contributed by atoms with Gasteiger partial charge in [-0.05, 0) is 56.0 Å². The second-order valence-corrected chi connectivity index (χ2v) is 8.45. The molecule has 1 aliphatic carbocycles. The van der Waals surface area contributed by atoms with Gasteiger partial charge in [0.25, 0.3) is 5.89 Å². The van der Waals surface area contributed by atoms with Crippen molar-refractivity contribution in [1.29, 1.82) is 5.26 Å². The quantitative estimate of drug-likeness (QED) is 0.677. The minimum Gasteiger partial charge on any atom is -0.490 e. The summed E-state index contributed by atoms with van der Waals surface area (Å²) >= 11 is 0. The molecule has 1 aromatic heterocycles. The number of nitrogens with zero attached hydrogens (tertiary/aromatic N) is 4. The molecule has 2 aliphatic rings. The zero-order valence-electron chi connectivity index (χ0n) is 17.6. The van der Waals surface area contributed by atoms with E-state index >= 15 is 0 Å². The minimum atomic E-state index is -0.206. The fraction of sp³-hybridized carbons (Fsp3) is 0.375. The van der Waals surface area contributed by atoms with E-state index in [4.69, 9.17) is 9.26 Å². The number of nitriles is 1. The highest BCUT2D eigenvalue weighted by molar-refractivity contribution is 5.67. The Morgan fingerprint density at radius 2 is 2.10 bits per heavy atom. The molecule has 0 amide bonds. The SMILES string of the molecule is CC(C)Oc1ccc(-c2nc(-c3cccc4c3CCC4N3CC(O)C3)no2)cc1C#N. The molecule has 1 atom stereocenters. The molecule has 0 radical (unpaired) electrons. The lowest BCUT2D eigenvalue weighted by atomic mass is 9.99. The van der Waals surface area contributed by atoms with Gasteiger partial charge in [-0.3, -0.25) is 4.90 Å². The summed E-state index contributed by atoms with van der Waals surface area (Å²) in [4.78, 5) is 6.95. The second kappa shape index (κ2) is 7.80. The number of β-amino-alcohol motifs (C(OH)–C–C–N with tert-alkyl or cyclic N) is 1. The normalized spacial score (nSPS) is 18.6. The van der Waals surface area contributed by atoms with Crippen molar-refractivity contribution in [3.8, 4) is 34.7 Å². The van der Waals surface area contributed by atoms with E-state index < -0.39 is 0 Å². The first kappa shape index (κ1) is 19.7. The number of hydrogen-bond acceptors (Lipinski definition) is 7. The summed E-state index contributed by atoms with van der Waals surface area (Å²) in [6.07, 6.45) is 1.76. The minimum absolute atomic E-state index is 0.0171. The predicted molar refractivity (Wildman–Crippen MR) is 114 cm³/mol. The third-order valence-electron chi connectivity index (χ3n) is 5.95. The molecule has 1 fully saturated rings. The molecule has 7 nitrogen and oxygen atoms in total. The van der Waals surface area contributed by atoms with Gasteiger partial charge in [0.05, 0.1) is 17.8 Å². The van der Waals surface area contributed by atoms with E-state index in [1.807, 2.05) is 32.0 Å². The van der Waals surface area contributed by atoms with Crippen LogP contribution in [0.3, 0.4) is 0 Å². The molecule has 3 aromatic rings. The van der Waals surface area contributed by atoms with Crippen molar-refractivity contribution in [2.24, 2.45) is 0 Å². The first-order valence-electron chi connectivity index (χ1n) is 10.6. The monoisotopic (exact) mass is 416 g/mol. The van der Waals surface area contributed by atoms with Crippen molar-refractivity contribution < 1.29 is 14.4 Å². The van der Waals surface area contributed by atoms with Gasteiger partial charge in [0, 0.05) is 30.3 Å². The van der Waals surface area contributed by atoms with Crippen LogP contribution >= 0.6 is 0 Å². The van der Waals surface area contributed by atoms with Crippen LogP contribution in [0, 0.1) is 11.3 Å². The molecule has 0 saturated carbocycles.